The van der Waals surface area contributed by atoms with Crippen molar-refractivity contribution in [1.82, 2.24) is 5.32 Å². The Morgan fingerprint density at radius 1 is 1.18 bits per heavy atom. The van der Waals surface area contributed by atoms with Crippen molar-refractivity contribution in [2.75, 3.05) is 19.0 Å². The highest BCUT2D eigenvalue weighted by molar-refractivity contribution is 6.31. The van der Waals surface area contributed by atoms with Gasteiger partial charge in [0, 0.05) is 23.3 Å². The Labute approximate surface area is 135 Å². The third kappa shape index (κ3) is 4.97. The van der Waals surface area contributed by atoms with Crippen molar-refractivity contribution in [3.8, 4) is 5.75 Å². The van der Waals surface area contributed by atoms with Crippen LogP contribution in [0, 0.1) is 0 Å². The first kappa shape index (κ1) is 16.2. The minimum atomic E-state index is -0.229. The summed E-state index contributed by atoms with van der Waals surface area (Å²) in [5.41, 5.74) is 1.79. The van der Waals surface area contributed by atoms with Crippen molar-refractivity contribution in [3.05, 3.63) is 59.1 Å². The maximum absolute atomic E-state index is 11.8. The number of aryl methyl sites for hydroxylation is 1. The van der Waals surface area contributed by atoms with Gasteiger partial charge < -0.3 is 15.4 Å². The molecule has 0 spiro atoms. The first-order valence-electron chi connectivity index (χ1n) is 7.11. The van der Waals surface area contributed by atoms with Crippen LogP contribution in [-0.4, -0.2) is 19.7 Å². The van der Waals surface area contributed by atoms with Gasteiger partial charge in [-0.1, -0.05) is 35.9 Å². The van der Waals surface area contributed by atoms with E-state index in [2.05, 4.69) is 10.6 Å². The summed E-state index contributed by atoms with van der Waals surface area (Å²) in [4.78, 5) is 11.8. The molecule has 0 radical (unpaired) electrons. The molecule has 4 nitrogen and oxygen atoms in total. The summed E-state index contributed by atoms with van der Waals surface area (Å²) >= 11 is 6.09. The molecule has 0 aliphatic rings. The predicted molar refractivity (Wildman–Crippen MR) is 89.8 cm³/mol. The quantitative estimate of drug-likeness (QED) is 0.788. The molecular weight excluding hydrogens is 300 g/mol. The van der Waals surface area contributed by atoms with E-state index < -0.39 is 0 Å². The second kappa shape index (κ2) is 8.29. The normalized spacial score (nSPS) is 10.1. The minimum absolute atomic E-state index is 0.229. The number of carbonyl (C=O) groups excluding carboxylic acids is 1. The van der Waals surface area contributed by atoms with Crippen molar-refractivity contribution in [2.24, 2.45) is 0 Å². The Balaban J connectivity index is 1.73. The van der Waals surface area contributed by atoms with Crippen molar-refractivity contribution >= 4 is 23.3 Å². The lowest BCUT2D eigenvalue weighted by Gasteiger charge is -2.09. The number of nitrogens with one attached hydrogen (secondary N) is 2. The van der Waals surface area contributed by atoms with Crippen molar-refractivity contribution in [2.45, 2.75) is 12.8 Å². The third-order valence-electron chi connectivity index (χ3n) is 3.19. The fourth-order valence-corrected chi connectivity index (χ4v) is 2.29. The number of hydrogen-bond acceptors (Lipinski definition) is 2. The summed E-state index contributed by atoms with van der Waals surface area (Å²) in [5, 5.41) is 6.36. The van der Waals surface area contributed by atoms with Gasteiger partial charge in [0.2, 0.25) is 0 Å². The lowest BCUT2D eigenvalue weighted by molar-refractivity contribution is 0.252. The van der Waals surface area contributed by atoms with Crippen LogP contribution in [0.15, 0.2) is 48.5 Å². The Morgan fingerprint density at radius 3 is 2.77 bits per heavy atom. The first-order valence-corrected chi connectivity index (χ1v) is 7.49. The van der Waals surface area contributed by atoms with Gasteiger partial charge >= 0.3 is 6.03 Å². The lowest BCUT2D eigenvalue weighted by Crippen LogP contribution is -2.29. The molecule has 5 heteroatoms. The van der Waals surface area contributed by atoms with Gasteiger partial charge in [0.25, 0.3) is 0 Å². The summed E-state index contributed by atoms with van der Waals surface area (Å²) in [5.74, 6) is 0.705. The molecule has 0 atom stereocenters. The van der Waals surface area contributed by atoms with E-state index in [-0.39, 0.29) is 6.03 Å². The fourth-order valence-electron chi connectivity index (χ4n) is 2.06. The van der Waals surface area contributed by atoms with Crippen LogP contribution >= 0.6 is 11.6 Å². The summed E-state index contributed by atoms with van der Waals surface area (Å²) in [7, 11) is 1.59. The van der Waals surface area contributed by atoms with E-state index in [0.29, 0.717) is 18.0 Å². The molecule has 0 unspecified atom stereocenters. The second-order valence-electron chi connectivity index (χ2n) is 4.81. The molecule has 0 aromatic heterocycles. The highest BCUT2D eigenvalue weighted by Crippen LogP contribution is 2.17. The Bertz CT molecular complexity index is 632. The summed E-state index contributed by atoms with van der Waals surface area (Å²) < 4.78 is 5.11. The van der Waals surface area contributed by atoms with Gasteiger partial charge in [-0.2, -0.15) is 0 Å². The van der Waals surface area contributed by atoms with E-state index in [1.807, 2.05) is 42.5 Å². The number of rotatable bonds is 6. The van der Waals surface area contributed by atoms with Crippen LogP contribution in [-0.2, 0) is 6.42 Å². The van der Waals surface area contributed by atoms with E-state index in [0.717, 1.165) is 23.4 Å². The first-order chi connectivity index (χ1) is 10.7. The van der Waals surface area contributed by atoms with Gasteiger partial charge in [0.05, 0.1) is 7.11 Å². The Morgan fingerprint density at radius 2 is 2.00 bits per heavy atom. The smallest absolute Gasteiger partial charge is 0.319 e. The molecule has 116 valence electrons. The topological polar surface area (TPSA) is 50.4 Å². The highest BCUT2D eigenvalue weighted by atomic mass is 35.5. The molecule has 2 aromatic rings. The number of methoxy groups -OCH3 is 1. The predicted octanol–water partition coefficient (Wildman–Crippen LogP) is 4.10. The van der Waals surface area contributed by atoms with Crippen molar-refractivity contribution in [3.63, 3.8) is 0 Å². The van der Waals surface area contributed by atoms with Crippen LogP contribution in [0.2, 0.25) is 5.02 Å². The van der Waals surface area contributed by atoms with E-state index in [9.17, 15) is 4.79 Å². The molecule has 0 aliphatic carbocycles. The Kier molecular flexibility index (Phi) is 6.10. The van der Waals surface area contributed by atoms with E-state index in [1.165, 1.54) is 0 Å². The Hall–Kier alpha value is -2.20. The number of anilines is 1. The fraction of sp³-hybridized carbons (Fsp3) is 0.235. The summed E-state index contributed by atoms with van der Waals surface area (Å²) in [6.07, 6.45) is 1.66. The van der Waals surface area contributed by atoms with Crippen molar-refractivity contribution < 1.29 is 9.53 Å². The molecule has 22 heavy (non-hydrogen) atoms. The average molecular weight is 319 g/mol. The van der Waals surface area contributed by atoms with Crippen LogP contribution in [0.1, 0.15) is 12.0 Å². The summed E-state index contributed by atoms with van der Waals surface area (Å²) in [6, 6.07) is 14.7. The molecule has 0 aliphatic heterocycles. The van der Waals surface area contributed by atoms with E-state index in [4.69, 9.17) is 16.3 Å². The van der Waals surface area contributed by atoms with Crippen LogP contribution < -0.4 is 15.4 Å². The van der Waals surface area contributed by atoms with Gasteiger partial charge in [-0.25, -0.2) is 4.79 Å². The number of amides is 2. The monoisotopic (exact) mass is 318 g/mol. The molecule has 0 bridgehead atoms. The zero-order valence-electron chi connectivity index (χ0n) is 12.4. The van der Waals surface area contributed by atoms with Crippen LogP contribution in [0.3, 0.4) is 0 Å². The number of halogens is 1. The molecular formula is C17H19ClN2O2. The van der Waals surface area contributed by atoms with Crippen molar-refractivity contribution in [1.29, 1.82) is 0 Å². The molecule has 2 rings (SSSR count). The number of benzene rings is 2. The van der Waals surface area contributed by atoms with E-state index >= 15 is 0 Å². The highest BCUT2D eigenvalue weighted by Gasteiger charge is 2.03. The number of ether oxygens (including phenoxy) is 1. The molecule has 2 N–H and O–H groups in total. The van der Waals surface area contributed by atoms with Gasteiger partial charge in [-0.15, -0.1) is 0 Å². The zero-order valence-corrected chi connectivity index (χ0v) is 13.2. The SMILES string of the molecule is COc1cccc(NC(=O)NCCCc2ccccc2Cl)c1. The van der Waals surface area contributed by atoms with Gasteiger partial charge in [0.1, 0.15) is 5.75 Å². The standard InChI is InChI=1S/C17H19ClN2O2/c1-22-15-9-4-8-14(12-15)20-17(21)19-11-5-7-13-6-2-3-10-16(13)18/h2-4,6,8-10,12H,5,7,11H2,1H3,(H2,19,20,21). The van der Waals surface area contributed by atoms with Crippen LogP contribution in [0.5, 0.6) is 5.75 Å². The van der Waals surface area contributed by atoms with Gasteiger partial charge in [-0.3, -0.25) is 0 Å². The average Bonchev–Trinajstić information content (AvgIpc) is 2.53. The summed E-state index contributed by atoms with van der Waals surface area (Å²) in [6.45, 7) is 0.584. The van der Waals surface area contributed by atoms with Gasteiger partial charge in [0.15, 0.2) is 0 Å². The maximum Gasteiger partial charge on any atom is 0.319 e. The molecule has 0 fully saturated rings. The molecule has 2 aromatic carbocycles. The molecule has 0 heterocycles. The van der Waals surface area contributed by atoms with Gasteiger partial charge in [-0.05, 0) is 36.6 Å². The molecule has 2 amide bonds. The molecule has 0 saturated carbocycles. The minimum Gasteiger partial charge on any atom is -0.497 e. The zero-order chi connectivity index (χ0) is 15.8. The maximum atomic E-state index is 11.8. The number of carbonyl (C=O) groups is 1. The van der Waals surface area contributed by atoms with Crippen LogP contribution in [0.4, 0.5) is 10.5 Å². The van der Waals surface area contributed by atoms with E-state index in [1.54, 1.807) is 13.2 Å². The van der Waals surface area contributed by atoms with Crippen LogP contribution in [0.25, 0.3) is 0 Å². The number of urea groups is 1. The molecule has 0 saturated heterocycles. The largest absolute Gasteiger partial charge is 0.497 e. The third-order valence-corrected chi connectivity index (χ3v) is 3.56. The second-order valence-corrected chi connectivity index (χ2v) is 5.22. The lowest BCUT2D eigenvalue weighted by atomic mass is 10.1. The number of hydrogen-bond donors (Lipinski definition) is 2.